The Labute approximate surface area is 122 Å². The lowest BCUT2D eigenvalue weighted by Crippen LogP contribution is -2.07. The molecule has 0 bridgehead atoms. The number of nitrogens with zero attached hydrogens (tertiary/aromatic N) is 6. The van der Waals surface area contributed by atoms with Crippen LogP contribution in [0.15, 0.2) is 12.3 Å². The molecule has 3 aromatic heterocycles. The Kier molecular flexibility index (Phi) is 3.05. The summed E-state index contributed by atoms with van der Waals surface area (Å²) >= 11 is 6.29. The summed E-state index contributed by atoms with van der Waals surface area (Å²) in [6.07, 6.45) is 2.74. The normalized spacial score (nSPS) is 13.2. The fourth-order valence-electron chi connectivity index (χ4n) is 2.45. The molecule has 7 heteroatoms. The first kappa shape index (κ1) is 13.2. The summed E-state index contributed by atoms with van der Waals surface area (Å²) in [6.45, 7) is 3.99. The van der Waals surface area contributed by atoms with Crippen molar-refractivity contribution < 1.29 is 0 Å². The van der Waals surface area contributed by atoms with Crippen molar-refractivity contribution in [2.24, 2.45) is 14.1 Å². The second-order valence-corrected chi connectivity index (χ2v) is 5.52. The van der Waals surface area contributed by atoms with Gasteiger partial charge in [0, 0.05) is 26.4 Å². The number of hydrogen-bond donors (Lipinski definition) is 0. The minimum atomic E-state index is -0.200. The van der Waals surface area contributed by atoms with E-state index >= 15 is 0 Å². The van der Waals surface area contributed by atoms with Crippen LogP contribution in [0.4, 0.5) is 0 Å². The van der Waals surface area contributed by atoms with Gasteiger partial charge in [-0.05, 0) is 13.3 Å². The van der Waals surface area contributed by atoms with E-state index in [2.05, 4.69) is 22.1 Å². The van der Waals surface area contributed by atoms with Gasteiger partial charge in [0.15, 0.2) is 11.5 Å². The minimum Gasteiger partial charge on any atom is -0.274 e. The van der Waals surface area contributed by atoms with E-state index in [1.54, 1.807) is 4.68 Å². The summed E-state index contributed by atoms with van der Waals surface area (Å²) in [5.41, 5.74) is 2.82. The zero-order valence-electron chi connectivity index (χ0n) is 12.0. The summed E-state index contributed by atoms with van der Waals surface area (Å²) in [5.74, 6) is 1.60. The highest BCUT2D eigenvalue weighted by Gasteiger charge is 2.23. The second-order valence-electron chi connectivity index (χ2n) is 4.87. The van der Waals surface area contributed by atoms with Crippen LogP contribution >= 0.6 is 11.6 Å². The molecule has 0 radical (unpaired) electrons. The number of alkyl halides is 1. The van der Waals surface area contributed by atoms with Crippen molar-refractivity contribution in [3.05, 3.63) is 23.8 Å². The maximum Gasteiger partial charge on any atom is 0.164 e. The molecule has 3 rings (SSSR count). The Morgan fingerprint density at radius 2 is 2.05 bits per heavy atom. The molecule has 0 aliphatic rings. The zero-order valence-corrected chi connectivity index (χ0v) is 12.8. The highest BCUT2D eigenvalue weighted by Crippen LogP contribution is 2.28. The van der Waals surface area contributed by atoms with Gasteiger partial charge >= 0.3 is 0 Å². The molecule has 0 spiro atoms. The maximum absolute atomic E-state index is 6.29. The minimum absolute atomic E-state index is 0.200. The molecule has 1 unspecified atom stereocenters. The van der Waals surface area contributed by atoms with E-state index in [9.17, 15) is 0 Å². The molecule has 0 fully saturated rings. The van der Waals surface area contributed by atoms with Crippen LogP contribution in [0.2, 0.25) is 0 Å². The third kappa shape index (κ3) is 1.83. The molecule has 0 aliphatic carbocycles. The molecule has 3 heterocycles. The first-order valence-electron chi connectivity index (χ1n) is 6.61. The van der Waals surface area contributed by atoms with Gasteiger partial charge in [-0.2, -0.15) is 10.2 Å². The SMILES string of the molecule is CCc1nn(C)c2c1nc(C(C)Cl)n2-c1ccn(C)n1. The summed E-state index contributed by atoms with van der Waals surface area (Å²) in [6, 6.07) is 1.95. The molecule has 0 aromatic carbocycles. The van der Waals surface area contributed by atoms with Crippen molar-refractivity contribution in [3.8, 4) is 5.82 Å². The van der Waals surface area contributed by atoms with Crippen LogP contribution in [0.1, 0.15) is 30.7 Å². The van der Waals surface area contributed by atoms with Crippen molar-refractivity contribution in [1.82, 2.24) is 29.1 Å². The first-order valence-corrected chi connectivity index (χ1v) is 7.04. The van der Waals surface area contributed by atoms with Crippen LogP contribution < -0.4 is 0 Å². The van der Waals surface area contributed by atoms with Gasteiger partial charge in [-0.15, -0.1) is 11.6 Å². The molecule has 0 N–H and O–H groups in total. The van der Waals surface area contributed by atoms with Gasteiger partial charge in [0.05, 0.1) is 11.1 Å². The third-order valence-electron chi connectivity index (χ3n) is 3.35. The van der Waals surface area contributed by atoms with E-state index in [1.165, 1.54) is 0 Å². The molecule has 106 valence electrons. The number of halogens is 1. The number of aromatic nitrogens is 6. The van der Waals surface area contributed by atoms with Crippen molar-refractivity contribution in [3.63, 3.8) is 0 Å². The standard InChI is InChI=1S/C13H17ClN6/c1-5-9-11-13(19(4)16-9)20(12(15-11)8(2)14)10-6-7-18(3)17-10/h6-8H,5H2,1-4H3. The quantitative estimate of drug-likeness (QED) is 0.696. The lowest BCUT2D eigenvalue weighted by atomic mass is 10.3. The van der Waals surface area contributed by atoms with E-state index in [4.69, 9.17) is 11.6 Å². The first-order chi connectivity index (χ1) is 9.52. The predicted octanol–water partition coefficient (Wildman–Crippen LogP) is 2.35. The fraction of sp³-hybridized carbons (Fsp3) is 0.462. The Balaban J connectivity index is 2.37. The second kappa shape index (κ2) is 4.63. The molecule has 1 atom stereocenters. The Morgan fingerprint density at radius 1 is 1.30 bits per heavy atom. The summed E-state index contributed by atoms with van der Waals surface area (Å²) < 4.78 is 5.60. The number of imidazole rings is 1. The topological polar surface area (TPSA) is 53.5 Å². The lowest BCUT2D eigenvalue weighted by Gasteiger charge is -2.07. The van der Waals surface area contributed by atoms with Gasteiger partial charge in [-0.1, -0.05) is 6.92 Å². The van der Waals surface area contributed by atoms with Gasteiger partial charge in [-0.3, -0.25) is 9.25 Å². The largest absolute Gasteiger partial charge is 0.274 e. The number of aryl methyl sites for hydroxylation is 3. The molecular weight excluding hydrogens is 276 g/mol. The molecule has 0 saturated carbocycles. The van der Waals surface area contributed by atoms with Crippen LogP contribution in [0.5, 0.6) is 0 Å². The molecule has 6 nitrogen and oxygen atoms in total. The summed E-state index contributed by atoms with van der Waals surface area (Å²) in [7, 11) is 3.81. The van der Waals surface area contributed by atoms with Gasteiger partial charge in [0.25, 0.3) is 0 Å². The Morgan fingerprint density at radius 3 is 2.60 bits per heavy atom. The van der Waals surface area contributed by atoms with Gasteiger partial charge < -0.3 is 0 Å². The van der Waals surface area contributed by atoms with Crippen molar-refractivity contribution in [1.29, 1.82) is 0 Å². The third-order valence-corrected chi connectivity index (χ3v) is 3.54. The predicted molar refractivity (Wildman–Crippen MR) is 78.2 cm³/mol. The summed E-state index contributed by atoms with van der Waals surface area (Å²) in [5, 5.41) is 8.78. The number of hydrogen-bond acceptors (Lipinski definition) is 3. The summed E-state index contributed by atoms with van der Waals surface area (Å²) in [4.78, 5) is 4.69. The van der Waals surface area contributed by atoms with E-state index in [1.807, 2.05) is 42.5 Å². The van der Waals surface area contributed by atoms with E-state index in [0.29, 0.717) is 0 Å². The molecular formula is C13H17ClN6. The highest BCUT2D eigenvalue weighted by molar-refractivity contribution is 6.20. The fourth-order valence-corrected chi connectivity index (χ4v) is 2.60. The number of rotatable bonds is 3. The van der Waals surface area contributed by atoms with Crippen LogP contribution in [0, 0.1) is 0 Å². The van der Waals surface area contributed by atoms with Crippen molar-refractivity contribution in [2.75, 3.05) is 0 Å². The average molecular weight is 293 g/mol. The molecule has 0 amide bonds. The number of fused-ring (bicyclic) bond motifs is 1. The van der Waals surface area contributed by atoms with Crippen LogP contribution in [-0.4, -0.2) is 29.1 Å². The van der Waals surface area contributed by atoms with Crippen LogP contribution in [0.3, 0.4) is 0 Å². The smallest absolute Gasteiger partial charge is 0.164 e. The molecule has 0 saturated heterocycles. The Bertz CT molecular complexity index is 763. The molecule has 0 aliphatic heterocycles. The molecule has 3 aromatic rings. The van der Waals surface area contributed by atoms with Gasteiger partial charge in [-0.25, -0.2) is 9.67 Å². The van der Waals surface area contributed by atoms with Gasteiger partial charge in [0.1, 0.15) is 11.3 Å². The van der Waals surface area contributed by atoms with Crippen molar-refractivity contribution in [2.45, 2.75) is 25.6 Å². The average Bonchev–Trinajstić information content (AvgIpc) is 3.04. The monoisotopic (exact) mass is 292 g/mol. The Hall–Kier alpha value is -1.82. The van der Waals surface area contributed by atoms with Crippen LogP contribution in [-0.2, 0) is 20.5 Å². The van der Waals surface area contributed by atoms with E-state index in [0.717, 1.165) is 34.9 Å². The highest BCUT2D eigenvalue weighted by atomic mass is 35.5. The lowest BCUT2D eigenvalue weighted by molar-refractivity contribution is 0.715. The van der Waals surface area contributed by atoms with Crippen LogP contribution in [0.25, 0.3) is 17.0 Å². The van der Waals surface area contributed by atoms with E-state index in [-0.39, 0.29) is 5.38 Å². The van der Waals surface area contributed by atoms with Crippen molar-refractivity contribution >= 4 is 22.8 Å². The molecule has 20 heavy (non-hydrogen) atoms. The zero-order chi connectivity index (χ0) is 14.4. The van der Waals surface area contributed by atoms with Gasteiger partial charge in [0.2, 0.25) is 0 Å². The van der Waals surface area contributed by atoms with E-state index < -0.39 is 0 Å². The maximum atomic E-state index is 6.29.